The number of anilines is 1. The maximum atomic E-state index is 12.2. The van der Waals surface area contributed by atoms with Gasteiger partial charge in [0.2, 0.25) is 5.91 Å². The van der Waals surface area contributed by atoms with Crippen molar-refractivity contribution in [2.75, 3.05) is 18.5 Å². The summed E-state index contributed by atoms with van der Waals surface area (Å²) >= 11 is 0. The molecule has 7 heteroatoms. The average Bonchev–Trinajstić information content (AvgIpc) is 2.65. The molecule has 0 fully saturated rings. The van der Waals surface area contributed by atoms with E-state index in [2.05, 4.69) is 31.4 Å². The van der Waals surface area contributed by atoms with E-state index in [9.17, 15) is 14.4 Å². The van der Waals surface area contributed by atoms with Gasteiger partial charge in [-0.05, 0) is 47.4 Å². The van der Waals surface area contributed by atoms with E-state index < -0.39 is 5.91 Å². The van der Waals surface area contributed by atoms with Crippen LogP contribution in [0.25, 0.3) is 0 Å². The molecule has 0 unspecified atom stereocenters. The van der Waals surface area contributed by atoms with Gasteiger partial charge in [-0.15, -0.1) is 0 Å². The number of carbonyl (C=O) groups is 3. The molecule has 0 aliphatic heterocycles. The van der Waals surface area contributed by atoms with Crippen LogP contribution >= 0.6 is 0 Å². The largest absolute Gasteiger partial charge is 0.484 e. The SMILES string of the molecule is CC(C)(C)c1ccc(C(=O)NCC(=O)Nc2ccc(OCC(N)=O)cc2)cc1. The lowest BCUT2D eigenvalue weighted by Crippen LogP contribution is -2.32. The quantitative estimate of drug-likeness (QED) is 0.681. The summed E-state index contributed by atoms with van der Waals surface area (Å²) in [5.41, 5.74) is 7.18. The summed E-state index contributed by atoms with van der Waals surface area (Å²) < 4.78 is 5.14. The Kier molecular flexibility index (Phi) is 6.76. The first-order chi connectivity index (χ1) is 13.1. The summed E-state index contributed by atoms with van der Waals surface area (Å²) in [5, 5.41) is 5.26. The normalized spacial score (nSPS) is 10.8. The molecule has 0 radical (unpaired) electrons. The summed E-state index contributed by atoms with van der Waals surface area (Å²) in [7, 11) is 0. The van der Waals surface area contributed by atoms with E-state index in [1.54, 1.807) is 36.4 Å². The highest BCUT2D eigenvalue weighted by Crippen LogP contribution is 2.22. The first-order valence-corrected chi connectivity index (χ1v) is 8.85. The van der Waals surface area contributed by atoms with E-state index in [1.807, 2.05) is 12.1 Å². The number of benzene rings is 2. The Morgan fingerprint density at radius 2 is 1.57 bits per heavy atom. The van der Waals surface area contributed by atoms with Crippen LogP contribution in [-0.2, 0) is 15.0 Å². The van der Waals surface area contributed by atoms with Gasteiger partial charge < -0.3 is 21.1 Å². The fourth-order valence-electron chi connectivity index (χ4n) is 2.38. The molecule has 0 bridgehead atoms. The van der Waals surface area contributed by atoms with Gasteiger partial charge in [-0.25, -0.2) is 0 Å². The van der Waals surface area contributed by atoms with Gasteiger partial charge in [0.1, 0.15) is 5.75 Å². The minimum Gasteiger partial charge on any atom is -0.484 e. The zero-order valence-electron chi connectivity index (χ0n) is 16.2. The third kappa shape index (κ3) is 6.42. The zero-order valence-corrected chi connectivity index (χ0v) is 16.2. The van der Waals surface area contributed by atoms with Crippen LogP contribution in [0.15, 0.2) is 48.5 Å². The lowest BCUT2D eigenvalue weighted by Gasteiger charge is -2.19. The molecule has 7 nitrogen and oxygen atoms in total. The fourth-order valence-corrected chi connectivity index (χ4v) is 2.38. The molecule has 0 heterocycles. The molecule has 28 heavy (non-hydrogen) atoms. The lowest BCUT2D eigenvalue weighted by molar-refractivity contribution is -0.120. The molecule has 2 aromatic carbocycles. The summed E-state index contributed by atoms with van der Waals surface area (Å²) in [6, 6.07) is 13.8. The first kappa shape index (κ1) is 21.0. The third-order valence-corrected chi connectivity index (χ3v) is 3.94. The summed E-state index contributed by atoms with van der Waals surface area (Å²) in [5.74, 6) is -0.777. The fraction of sp³-hybridized carbons (Fsp3) is 0.286. The van der Waals surface area contributed by atoms with Crippen molar-refractivity contribution in [3.05, 3.63) is 59.7 Å². The molecule has 0 aromatic heterocycles. The topological polar surface area (TPSA) is 111 Å². The van der Waals surface area contributed by atoms with E-state index in [0.29, 0.717) is 17.0 Å². The first-order valence-electron chi connectivity index (χ1n) is 8.85. The summed E-state index contributed by atoms with van der Waals surface area (Å²) in [6.07, 6.45) is 0. The van der Waals surface area contributed by atoms with E-state index in [4.69, 9.17) is 10.5 Å². The smallest absolute Gasteiger partial charge is 0.255 e. The Labute approximate surface area is 164 Å². The van der Waals surface area contributed by atoms with Crippen molar-refractivity contribution < 1.29 is 19.1 Å². The number of ether oxygens (including phenoxy) is 1. The maximum absolute atomic E-state index is 12.2. The van der Waals surface area contributed by atoms with Gasteiger partial charge in [-0.2, -0.15) is 0 Å². The molecule has 2 rings (SSSR count). The van der Waals surface area contributed by atoms with Crippen LogP contribution < -0.4 is 21.1 Å². The van der Waals surface area contributed by atoms with Crippen molar-refractivity contribution in [3.63, 3.8) is 0 Å². The number of carbonyl (C=O) groups excluding carboxylic acids is 3. The molecular formula is C21H25N3O4. The molecule has 0 saturated heterocycles. The molecule has 3 amide bonds. The standard InChI is InChI=1S/C21H25N3O4/c1-21(2,3)15-6-4-14(5-7-15)20(27)23-12-19(26)24-16-8-10-17(11-9-16)28-13-18(22)25/h4-11H,12-13H2,1-3H3,(H2,22,25)(H,23,27)(H,24,26). The van der Waals surface area contributed by atoms with Crippen LogP contribution in [0.3, 0.4) is 0 Å². The molecule has 148 valence electrons. The molecule has 0 aliphatic carbocycles. The predicted molar refractivity (Wildman–Crippen MR) is 107 cm³/mol. The summed E-state index contributed by atoms with van der Waals surface area (Å²) in [6.45, 7) is 5.93. The summed E-state index contributed by atoms with van der Waals surface area (Å²) in [4.78, 5) is 34.9. The second-order valence-electron chi connectivity index (χ2n) is 7.34. The maximum Gasteiger partial charge on any atom is 0.255 e. The molecule has 4 N–H and O–H groups in total. The van der Waals surface area contributed by atoms with Gasteiger partial charge in [0, 0.05) is 11.3 Å². The number of rotatable bonds is 7. The number of nitrogens with two attached hydrogens (primary N) is 1. The van der Waals surface area contributed by atoms with Gasteiger partial charge in [0.05, 0.1) is 6.54 Å². The third-order valence-electron chi connectivity index (χ3n) is 3.94. The minimum absolute atomic E-state index is 0.00925. The van der Waals surface area contributed by atoms with E-state index >= 15 is 0 Å². The van der Waals surface area contributed by atoms with Crippen molar-refractivity contribution in [1.29, 1.82) is 0 Å². The number of primary amides is 1. The second kappa shape index (κ2) is 9.03. The Morgan fingerprint density at radius 3 is 2.11 bits per heavy atom. The molecule has 2 aromatic rings. The molecule has 0 spiro atoms. The van der Waals surface area contributed by atoms with Gasteiger partial charge >= 0.3 is 0 Å². The highest BCUT2D eigenvalue weighted by atomic mass is 16.5. The van der Waals surface area contributed by atoms with Crippen molar-refractivity contribution >= 4 is 23.4 Å². The number of amides is 3. The highest BCUT2D eigenvalue weighted by Gasteiger charge is 2.14. The monoisotopic (exact) mass is 383 g/mol. The Hall–Kier alpha value is -3.35. The van der Waals surface area contributed by atoms with Gasteiger partial charge in [0.15, 0.2) is 6.61 Å². The second-order valence-corrected chi connectivity index (χ2v) is 7.34. The van der Waals surface area contributed by atoms with Gasteiger partial charge in [-0.3, -0.25) is 14.4 Å². The average molecular weight is 383 g/mol. The molecule has 0 aliphatic rings. The van der Waals surface area contributed by atoms with Crippen molar-refractivity contribution in [2.45, 2.75) is 26.2 Å². The van der Waals surface area contributed by atoms with Crippen molar-refractivity contribution in [2.24, 2.45) is 5.73 Å². The zero-order chi connectivity index (χ0) is 20.7. The van der Waals surface area contributed by atoms with Crippen LogP contribution in [0.4, 0.5) is 5.69 Å². The minimum atomic E-state index is -0.568. The molecule has 0 atom stereocenters. The molecule has 0 saturated carbocycles. The Balaban J connectivity index is 1.83. The number of nitrogens with one attached hydrogen (secondary N) is 2. The van der Waals surface area contributed by atoms with Gasteiger partial charge in [0.25, 0.3) is 11.8 Å². The number of hydrogen-bond donors (Lipinski definition) is 3. The van der Waals surface area contributed by atoms with E-state index in [-0.39, 0.29) is 30.4 Å². The van der Waals surface area contributed by atoms with Gasteiger partial charge in [-0.1, -0.05) is 32.9 Å². The van der Waals surface area contributed by atoms with Crippen LogP contribution in [0.1, 0.15) is 36.7 Å². The van der Waals surface area contributed by atoms with Crippen LogP contribution in [-0.4, -0.2) is 30.9 Å². The van der Waals surface area contributed by atoms with E-state index in [1.165, 1.54) is 0 Å². The van der Waals surface area contributed by atoms with Crippen LogP contribution in [0.2, 0.25) is 0 Å². The van der Waals surface area contributed by atoms with Crippen LogP contribution in [0.5, 0.6) is 5.75 Å². The highest BCUT2D eigenvalue weighted by molar-refractivity contribution is 5.99. The Bertz CT molecular complexity index is 837. The Morgan fingerprint density at radius 1 is 0.964 bits per heavy atom. The van der Waals surface area contributed by atoms with Crippen LogP contribution in [0, 0.1) is 0 Å². The number of hydrogen-bond acceptors (Lipinski definition) is 4. The lowest BCUT2D eigenvalue weighted by atomic mass is 9.87. The molecular weight excluding hydrogens is 358 g/mol. The van der Waals surface area contributed by atoms with Crippen molar-refractivity contribution in [3.8, 4) is 5.75 Å². The van der Waals surface area contributed by atoms with E-state index in [0.717, 1.165) is 5.56 Å². The predicted octanol–water partition coefficient (Wildman–Crippen LogP) is 2.22. The van der Waals surface area contributed by atoms with Crippen molar-refractivity contribution in [1.82, 2.24) is 5.32 Å².